The summed E-state index contributed by atoms with van der Waals surface area (Å²) in [5.41, 5.74) is 12.7. The molecule has 0 spiro atoms. The van der Waals surface area contributed by atoms with Crippen molar-refractivity contribution < 1.29 is 0 Å². The van der Waals surface area contributed by atoms with Gasteiger partial charge >= 0.3 is 0 Å². The number of rotatable bonds is 7. The molecular formula is C34H39N5. The lowest BCUT2D eigenvalue weighted by Crippen LogP contribution is -2.30. The highest BCUT2D eigenvalue weighted by Crippen LogP contribution is 2.39. The maximum absolute atomic E-state index is 5.39. The summed E-state index contributed by atoms with van der Waals surface area (Å²) in [6.45, 7) is 12.8. The highest BCUT2D eigenvalue weighted by Gasteiger charge is 2.29. The molecule has 1 aliphatic rings. The van der Waals surface area contributed by atoms with Crippen molar-refractivity contribution in [2.24, 2.45) is 0 Å². The van der Waals surface area contributed by atoms with Crippen LogP contribution in [0.5, 0.6) is 0 Å². The van der Waals surface area contributed by atoms with E-state index in [4.69, 9.17) is 10.1 Å². The number of nitrogens with zero attached hydrogens (tertiary/aromatic N) is 4. The van der Waals surface area contributed by atoms with E-state index in [0.29, 0.717) is 5.92 Å². The fourth-order valence-corrected chi connectivity index (χ4v) is 6.11. The quantitative estimate of drug-likeness (QED) is 0.238. The van der Waals surface area contributed by atoms with Crippen LogP contribution in [0.3, 0.4) is 0 Å². The van der Waals surface area contributed by atoms with E-state index >= 15 is 0 Å². The Balaban J connectivity index is 1.56. The minimum absolute atomic E-state index is 0.477. The van der Waals surface area contributed by atoms with Crippen molar-refractivity contribution in [3.8, 4) is 16.9 Å². The summed E-state index contributed by atoms with van der Waals surface area (Å²) >= 11 is 0. The third-order valence-electron chi connectivity index (χ3n) is 8.30. The van der Waals surface area contributed by atoms with Crippen LogP contribution in [0, 0.1) is 6.92 Å². The zero-order valence-electron chi connectivity index (χ0n) is 23.9. The molecule has 4 heterocycles. The molecule has 39 heavy (non-hydrogen) atoms. The minimum atomic E-state index is 0.477. The number of hydrogen-bond donors (Lipinski definition) is 1. The summed E-state index contributed by atoms with van der Waals surface area (Å²) in [6.07, 6.45) is 8.12. The molecule has 0 amide bonds. The average molecular weight is 518 g/mol. The second-order valence-corrected chi connectivity index (χ2v) is 11.2. The molecule has 0 unspecified atom stereocenters. The van der Waals surface area contributed by atoms with E-state index in [-0.39, 0.29) is 0 Å². The lowest BCUT2D eigenvalue weighted by molar-refractivity contribution is 0.704. The molecule has 5 nitrogen and oxygen atoms in total. The van der Waals surface area contributed by atoms with Gasteiger partial charge in [-0.1, -0.05) is 70.5 Å². The first-order chi connectivity index (χ1) is 19.0. The van der Waals surface area contributed by atoms with Crippen molar-refractivity contribution in [2.75, 3.05) is 11.4 Å². The molecule has 1 aliphatic heterocycles. The van der Waals surface area contributed by atoms with Crippen LogP contribution in [0.2, 0.25) is 0 Å². The van der Waals surface area contributed by atoms with Gasteiger partial charge in [0, 0.05) is 53.9 Å². The molecule has 0 bridgehead atoms. The SMILES string of the molecule is CCCc1cccc(CC)c1-n1nc2c(c1-c1ccc(C)c3[nH]ccc13)CN(c1ccc(C(C)C)cn1)CC2. The predicted octanol–water partition coefficient (Wildman–Crippen LogP) is 7.93. The van der Waals surface area contributed by atoms with Crippen molar-refractivity contribution in [1.82, 2.24) is 19.7 Å². The van der Waals surface area contributed by atoms with Crippen LogP contribution in [0.4, 0.5) is 5.82 Å². The average Bonchev–Trinajstić information content (AvgIpc) is 3.59. The van der Waals surface area contributed by atoms with E-state index in [0.717, 1.165) is 44.6 Å². The van der Waals surface area contributed by atoms with Crippen LogP contribution in [0.15, 0.2) is 60.9 Å². The van der Waals surface area contributed by atoms with Crippen molar-refractivity contribution in [3.63, 3.8) is 0 Å². The smallest absolute Gasteiger partial charge is 0.128 e. The van der Waals surface area contributed by atoms with Gasteiger partial charge in [0.1, 0.15) is 5.82 Å². The fourth-order valence-electron chi connectivity index (χ4n) is 6.11. The van der Waals surface area contributed by atoms with Gasteiger partial charge in [0.05, 0.1) is 17.1 Å². The van der Waals surface area contributed by atoms with E-state index in [1.54, 1.807) is 0 Å². The first-order valence-corrected chi connectivity index (χ1v) is 14.5. The number of aromatic amines is 1. The van der Waals surface area contributed by atoms with Crippen LogP contribution < -0.4 is 4.90 Å². The first kappa shape index (κ1) is 25.4. The standard InChI is InChI=1S/C34H39N5/c1-6-9-25-11-8-10-24(7-2)33(25)39-34(28-14-12-23(5)32-27(28)16-18-35-32)29-21-38(19-17-30(29)37-39)31-15-13-26(20-36-31)22(3)4/h8,10-16,18,20,22,35H,6-7,9,17,19,21H2,1-5H3. The van der Waals surface area contributed by atoms with Crippen molar-refractivity contribution >= 4 is 16.7 Å². The Kier molecular flexibility index (Phi) is 6.76. The zero-order chi connectivity index (χ0) is 27.1. The van der Waals surface area contributed by atoms with Gasteiger partial charge in [0.2, 0.25) is 0 Å². The molecule has 0 saturated carbocycles. The van der Waals surface area contributed by atoms with E-state index in [9.17, 15) is 0 Å². The Morgan fingerprint density at radius 3 is 2.59 bits per heavy atom. The van der Waals surface area contributed by atoms with Gasteiger partial charge in [0.25, 0.3) is 0 Å². The Morgan fingerprint density at radius 1 is 1.00 bits per heavy atom. The molecule has 0 fully saturated rings. The van der Waals surface area contributed by atoms with Gasteiger partial charge in [-0.25, -0.2) is 9.67 Å². The molecule has 5 aromatic rings. The zero-order valence-corrected chi connectivity index (χ0v) is 23.9. The summed E-state index contributed by atoms with van der Waals surface area (Å²) in [4.78, 5) is 10.8. The number of anilines is 1. The molecule has 200 valence electrons. The third kappa shape index (κ3) is 4.44. The molecule has 1 N–H and O–H groups in total. The molecule has 6 rings (SSSR count). The fraction of sp³-hybridized carbons (Fsp3) is 0.353. The molecule has 2 aromatic carbocycles. The van der Waals surface area contributed by atoms with Gasteiger partial charge in [-0.2, -0.15) is 5.10 Å². The summed E-state index contributed by atoms with van der Waals surface area (Å²) < 4.78 is 2.30. The molecule has 0 saturated heterocycles. The molecule has 3 aromatic heterocycles. The number of benzene rings is 2. The molecule has 0 aliphatic carbocycles. The van der Waals surface area contributed by atoms with E-state index in [2.05, 4.69) is 104 Å². The summed E-state index contributed by atoms with van der Waals surface area (Å²) in [7, 11) is 0. The molecule has 0 radical (unpaired) electrons. The largest absolute Gasteiger partial charge is 0.361 e. The number of para-hydroxylation sites is 1. The maximum atomic E-state index is 5.39. The topological polar surface area (TPSA) is 49.7 Å². The van der Waals surface area contributed by atoms with Gasteiger partial charge in [-0.05, 0) is 60.1 Å². The number of pyridine rings is 1. The Morgan fingerprint density at radius 2 is 1.85 bits per heavy atom. The predicted molar refractivity (Wildman–Crippen MR) is 162 cm³/mol. The highest BCUT2D eigenvalue weighted by atomic mass is 15.3. The van der Waals surface area contributed by atoms with Crippen LogP contribution in [-0.2, 0) is 25.8 Å². The van der Waals surface area contributed by atoms with Crippen molar-refractivity contribution in [3.05, 3.63) is 94.4 Å². The van der Waals surface area contributed by atoms with E-state index < -0.39 is 0 Å². The van der Waals surface area contributed by atoms with E-state index in [1.165, 1.54) is 61.4 Å². The van der Waals surface area contributed by atoms with E-state index in [1.807, 2.05) is 6.20 Å². The third-order valence-corrected chi connectivity index (χ3v) is 8.30. The maximum Gasteiger partial charge on any atom is 0.128 e. The van der Waals surface area contributed by atoms with Crippen LogP contribution in [0.25, 0.3) is 27.8 Å². The van der Waals surface area contributed by atoms with Crippen molar-refractivity contribution in [1.29, 1.82) is 0 Å². The van der Waals surface area contributed by atoms with Gasteiger partial charge in [-0.15, -0.1) is 0 Å². The van der Waals surface area contributed by atoms with Gasteiger partial charge in [-0.3, -0.25) is 0 Å². The number of hydrogen-bond acceptors (Lipinski definition) is 3. The minimum Gasteiger partial charge on any atom is -0.361 e. The van der Waals surface area contributed by atoms with Crippen LogP contribution in [-0.4, -0.2) is 26.3 Å². The Labute approximate surface area is 231 Å². The van der Waals surface area contributed by atoms with Crippen LogP contribution in [0.1, 0.15) is 73.5 Å². The number of aryl methyl sites for hydroxylation is 3. The summed E-state index contributed by atoms with van der Waals surface area (Å²) in [5.74, 6) is 1.52. The summed E-state index contributed by atoms with van der Waals surface area (Å²) in [5, 5.41) is 6.64. The van der Waals surface area contributed by atoms with Crippen molar-refractivity contribution in [2.45, 2.75) is 72.8 Å². The Hall–Kier alpha value is -3.86. The lowest BCUT2D eigenvalue weighted by atomic mass is 9.96. The van der Waals surface area contributed by atoms with Gasteiger partial charge in [0.15, 0.2) is 0 Å². The number of aromatic nitrogens is 4. The number of fused-ring (bicyclic) bond motifs is 2. The lowest BCUT2D eigenvalue weighted by Gasteiger charge is -2.28. The van der Waals surface area contributed by atoms with Gasteiger partial charge < -0.3 is 9.88 Å². The monoisotopic (exact) mass is 517 g/mol. The Bertz CT molecular complexity index is 1620. The first-order valence-electron chi connectivity index (χ1n) is 14.5. The molecular weight excluding hydrogens is 478 g/mol. The highest BCUT2D eigenvalue weighted by molar-refractivity contribution is 5.97. The number of nitrogens with one attached hydrogen (secondary N) is 1. The summed E-state index contributed by atoms with van der Waals surface area (Å²) in [6, 6.07) is 17.9. The number of H-pyrrole nitrogens is 1. The normalized spacial score (nSPS) is 13.4. The second kappa shape index (κ2) is 10.4. The molecule has 5 heteroatoms. The molecule has 0 atom stereocenters. The second-order valence-electron chi connectivity index (χ2n) is 11.2. The van der Waals surface area contributed by atoms with Crippen LogP contribution >= 0.6 is 0 Å².